The van der Waals surface area contributed by atoms with Crippen LogP contribution in [0.1, 0.15) is 39.1 Å². The van der Waals surface area contributed by atoms with Crippen molar-refractivity contribution in [2.75, 3.05) is 13.7 Å². The number of methoxy groups -OCH3 is 1. The van der Waals surface area contributed by atoms with Crippen LogP contribution in [0.3, 0.4) is 0 Å². The third-order valence-electron chi connectivity index (χ3n) is 4.79. The number of carbonyl (C=O) groups excluding carboxylic acids is 3. The average Bonchev–Trinajstić information content (AvgIpc) is 2.88. The Labute approximate surface area is 207 Å². The van der Waals surface area contributed by atoms with Crippen molar-refractivity contribution in [3.8, 4) is 11.5 Å². The first-order valence-corrected chi connectivity index (χ1v) is 11.2. The maximum Gasteiger partial charge on any atom is 0.343 e. The highest BCUT2D eigenvalue weighted by Crippen LogP contribution is 2.28. The van der Waals surface area contributed by atoms with Crippen molar-refractivity contribution in [3.05, 3.63) is 94.5 Å². The van der Waals surface area contributed by atoms with Crippen LogP contribution in [-0.2, 0) is 4.79 Å². The Hall–Kier alpha value is -4.17. The predicted molar refractivity (Wildman–Crippen MR) is 133 cm³/mol. The zero-order valence-corrected chi connectivity index (χ0v) is 19.7. The molecule has 0 saturated carbocycles. The van der Waals surface area contributed by atoms with Gasteiger partial charge < -0.3 is 14.8 Å². The normalized spacial score (nSPS) is 10.6. The van der Waals surface area contributed by atoms with E-state index in [0.29, 0.717) is 40.4 Å². The highest BCUT2D eigenvalue weighted by Gasteiger charge is 2.12. The summed E-state index contributed by atoms with van der Waals surface area (Å²) >= 11 is 5.99. The van der Waals surface area contributed by atoms with Crippen molar-refractivity contribution >= 4 is 35.6 Å². The summed E-state index contributed by atoms with van der Waals surface area (Å²) in [4.78, 5) is 36.3. The van der Waals surface area contributed by atoms with Crippen molar-refractivity contribution in [1.29, 1.82) is 0 Å². The molecule has 180 valence electrons. The van der Waals surface area contributed by atoms with E-state index in [4.69, 9.17) is 21.1 Å². The molecule has 0 spiro atoms. The summed E-state index contributed by atoms with van der Waals surface area (Å²) in [5.74, 6) is -0.477. The van der Waals surface area contributed by atoms with Crippen LogP contribution in [0, 0.1) is 0 Å². The number of carbonyl (C=O) groups is 3. The molecule has 0 fully saturated rings. The fraction of sp³-hybridized carbons (Fsp3) is 0.154. The number of benzene rings is 3. The SMILES string of the molecule is COc1cc(C=NNC(=O)CCCNC(=O)c2ccccc2Cl)ccc1OC(=O)c1ccccc1. The lowest BCUT2D eigenvalue weighted by atomic mass is 10.2. The fourth-order valence-corrected chi connectivity index (χ4v) is 3.23. The van der Waals surface area contributed by atoms with E-state index in [9.17, 15) is 14.4 Å². The molecular formula is C26H24ClN3O5. The molecule has 0 aliphatic carbocycles. The summed E-state index contributed by atoms with van der Waals surface area (Å²) in [5, 5.41) is 7.03. The number of ether oxygens (including phenoxy) is 2. The van der Waals surface area contributed by atoms with E-state index >= 15 is 0 Å². The molecule has 8 nitrogen and oxygen atoms in total. The topological polar surface area (TPSA) is 106 Å². The number of hydrogen-bond donors (Lipinski definition) is 2. The molecule has 0 heterocycles. The van der Waals surface area contributed by atoms with Crippen molar-refractivity contribution in [2.24, 2.45) is 5.10 Å². The minimum atomic E-state index is -0.499. The van der Waals surface area contributed by atoms with Crippen LogP contribution in [0.2, 0.25) is 5.02 Å². The molecule has 0 radical (unpaired) electrons. The van der Waals surface area contributed by atoms with Gasteiger partial charge in [0, 0.05) is 13.0 Å². The first-order valence-electron chi connectivity index (χ1n) is 10.8. The molecule has 0 aromatic heterocycles. The van der Waals surface area contributed by atoms with Crippen molar-refractivity contribution in [2.45, 2.75) is 12.8 Å². The molecule has 0 atom stereocenters. The molecular weight excluding hydrogens is 470 g/mol. The summed E-state index contributed by atoms with van der Waals surface area (Å²) in [7, 11) is 1.46. The number of rotatable bonds is 10. The first-order chi connectivity index (χ1) is 17.0. The molecule has 3 aromatic carbocycles. The number of nitrogens with zero attached hydrogens (tertiary/aromatic N) is 1. The van der Waals surface area contributed by atoms with Crippen LogP contribution in [0.4, 0.5) is 0 Å². The van der Waals surface area contributed by atoms with Crippen LogP contribution in [0.15, 0.2) is 77.9 Å². The van der Waals surface area contributed by atoms with Gasteiger partial charge in [0.2, 0.25) is 5.91 Å². The minimum Gasteiger partial charge on any atom is -0.493 e. The summed E-state index contributed by atoms with van der Waals surface area (Å²) in [6, 6.07) is 20.3. The highest BCUT2D eigenvalue weighted by atomic mass is 35.5. The van der Waals surface area contributed by atoms with E-state index in [1.165, 1.54) is 13.3 Å². The summed E-state index contributed by atoms with van der Waals surface area (Å²) in [5.41, 5.74) is 3.88. The number of nitrogens with one attached hydrogen (secondary N) is 2. The molecule has 2 amide bonds. The second kappa shape index (κ2) is 12.9. The van der Waals surface area contributed by atoms with Gasteiger partial charge >= 0.3 is 5.97 Å². The Kier molecular flexibility index (Phi) is 9.39. The molecule has 2 N–H and O–H groups in total. The van der Waals surface area contributed by atoms with Crippen LogP contribution < -0.4 is 20.2 Å². The standard InChI is InChI=1S/C26H24ClN3O5/c1-34-23-16-18(13-14-22(23)35-26(33)19-8-3-2-4-9-19)17-29-30-24(31)12-7-15-28-25(32)20-10-5-6-11-21(20)27/h2-6,8-11,13-14,16-17H,7,12,15H2,1H3,(H,28,32)(H,30,31). The zero-order chi connectivity index (χ0) is 25.0. The Morgan fingerprint density at radius 3 is 2.46 bits per heavy atom. The number of esters is 1. The van der Waals surface area contributed by atoms with E-state index in [1.807, 2.05) is 6.07 Å². The van der Waals surface area contributed by atoms with E-state index < -0.39 is 5.97 Å². The van der Waals surface area contributed by atoms with Gasteiger partial charge in [-0.2, -0.15) is 5.10 Å². The van der Waals surface area contributed by atoms with Crippen molar-refractivity contribution in [1.82, 2.24) is 10.7 Å². The third-order valence-corrected chi connectivity index (χ3v) is 5.12. The van der Waals surface area contributed by atoms with Gasteiger partial charge in [0.05, 0.1) is 29.5 Å². The van der Waals surface area contributed by atoms with Crippen LogP contribution >= 0.6 is 11.6 Å². The molecule has 0 unspecified atom stereocenters. The number of halogens is 1. The monoisotopic (exact) mass is 493 g/mol. The van der Waals surface area contributed by atoms with Crippen LogP contribution in [0.5, 0.6) is 11.5 Å². The van der Waals surface area contributed by atoms with Crippen molar-refractivity contribution < 1.29 is 23.9 Å². The van der Waals surface area contributed by atoms with Gasteiger partial charge in [-0.1, -0.05) is 41.9 Å². The maximum atomic E-state index is 12.3. The van der Waals surface area contributed by atoms with E-state index in [1.54, 1.807) is 66.7 Å². The van der Waals surface area contributed by atoms with Crippen molar-refractivity contribution in [3.63, 3.8) is 0 Å². The third kappa shape index (κ3) is 7.68. The Morgan fingerprint density at radius 1 is 0.971 bits per heavy atom. The minimum absolute atomic E-state index is 0.178. The van der Waals surface area contributed by atoms with Gasteiger partial charge in [-0.15, -0.1) is 0 Å². The zero-order valence-electron chi connectivity index (χ0n) is 19.0. The highest BCUT2D eigenvalue weighted by molar-refractivity contribution is 6.33. The smallest absolute Gasteiger partial charge is 0.343 e. The van der Waals surface area contributed by atoms with Gasteiger partial charge in [-0.05, 0) is 54.4 Å². The molecule has 3 aromatic rings. The summed E-state index contributed by atoms with van der Waals surface area (Å²) in [6.45, 7) is 0.321. The Morgan fingerprint density at radius 2 is 1.71 bits per heavy atom. The Bertz CT molecular complexity index is 1210. The molecule has 3 rings (SSSR count). The molecule has 9 heteroatoms. The lowest BCUT2D eigenvalue weighted by Gasteiger charge is -2.10. The maximum absolute atomic E-state index is 12.3. The van der Waals surface area contributed by atoms with Crippen LogP contribution in [0.25, 0.3) is 0 Å². The largest absolute Gasteiger partial charge is 0.493 e. The van der Waals surface area contributed by atoms with Gasteiger partial charge in [0.1, 0.15) is 0 Å². The van der Waals surface area contributed by atoms with Crippen LogP contribution in [-0.4, -0.2) is 37.7 Å². The molecule has 0 saturated heterocycles. The second-order valence-corrected chi connectivity index (χ2v) is 7.71. The lowest BCUT2D eigenvalue weighted by Crippen LogP contribution is -2.26. The number of hydrogen-bond acceptors (Lipinski definition) is 6. The molecule has 0 aliphatic rings. The average molecular weight is 494 g/mol. The lowest BCUT2D eigenvalue weighted by molar-refractivity contribution is -0.121. The first kappa shape index (κ1) is 25.5. The van der Waals surface area contributed by atoms with Gasteiger partial charge in [-0.3, -0.25) is 9.59 Å². The fourth-order valence-electron chi connectivity index (χ4n) is 3.01. The summed E-state index contributed by atoms with van der Waals surface area (Å²) < 4.78 is 10.7. The summed E-state index contributed by atoms with van der Waals surface area (Å²) in [6.07, 6.45) is 2.06. The number of hydrazone groups is 1. The van der Waals surface area contributed by atoms with Gasteiger partial charge in [-0.25, -0.2) is 10.2 Å². The van der Waals surface area contributed by atoms with E-state index in [-0.39, 0.29) is 24.0 Å². The van der Waals surface area contributed by atoms with E-state index in [0.717, 1.165) is 0 Å². The predicted octanol–water partition coefficient (Wildman–Crippen LogP) is 4.23. The quantitative estimate of drug-likeness (QED) is 0.144. The molecule has 0 aliphatic heterocycles. The molecule has 0 bridgehead atoms. The second-order valence-electron chi connectivity index (χ2n) is 7.30. The van der Waals surface area contributed by atoms with Gasteiger partial charge in [0.25, 0.3) is 5.91 Å². The molecule has 35 heavy (non-hydrogen) atoms. The number of amides is 2. The van der Waals surface area contributed by atoms with Gasteiger partial charge in [0.15, 0.2) is 11.5 Å². The van der Waals surface area contributed by atoms with E-state index in [2.05, 4.69) is 15.8 Å². The Balaban J connectivity index is 1.44.